The number of carbonyl (C=O) groups excluding carboxylic acids is 3. The van der Waals surface area contributed by atoms with Crippen LogP contribution >= 0.6 is 11.3 Å². The fraction of sp³-hybridized carbons (Fsp3) is 0.333. The lowest BCUT2D eigenvalue weighted by Gasteiger charge is -2.35. The molecular weight excluding hydrogens is 518 g/mol. The van der Waals surface area contributed by atoms with E-state index in [1.54, 1.807) is 0 Å². The first kappa shape index (κ1) is 23.8. The van der Waals surface area contributed by atoms with Crippen LogP contribution in [-0.4, -0.2) is 59.9 Å². The van der Waals surface area contributed by atoms with Crippen molar-refractivity contribution in [1.29, 1.82) is 5.41 Å². The number of hydrogen-bond donors (Lipinski definition) is 4. The van der Waals surface area contributed by atoms with Gasteiger partial charge < -0.3 is 15.2 Å². The molecule has 0 spiro atoms. The number of nitrogens with one attached hydrogen (secondary N) is 4. The number of aryl methyl sites for hydroxylation is 1. The first-order valence-electron chi connectivity index (χ1n) is 11.8. The number of H-pyrrole nitrogens is 1. The quantitative estimate of drug-likeness (QED) is 0.303. The summed E-state index contributed by atoms with van der Waals surface area (Å²) in [5.74, 6) is -2.02. The van der Waals surface area contributed by atoms with Crippen molar-refractivity contribution in [2.24, 2.45) is 0 Å². The van der Waals surface area contributed by atoms with E-state index in [1.807, 2.05) is 18.2 Å². The highest BCUT2D eigenvalue weighted by Crippen LogP contribution is 2.33. The number of aromatic nitrogens is 2. The number of benzene rings is 1. The third-order valence-corrected chi connectivity index (χ3v) is 10.1. The Bertz CT molecular complexity index is 1700. The monoisotopic (exact) mass is 540 g/mol. The lowest BCUT2D eigenvalue weighted by atomic mass is 9.83. The molecule has 1 fully saturated rings. The molecule has 190 valence electrons. The van der Waals surface area contributed by atoms with E-state index in [0.717, 1.165) is 39.3 Å². The van der Waals surface area contributed by atoms with Crippen molar-refractivity contribution < 1.29 is 27.7 Å². The summed E-state index contributed by atoms with van der Waals surface area (Å²) in [6, 6.07) is 5.13. The van der Waals surface area contributed by atoms with E-state index in [4.69, 9.17) is 5.41 Å². The smallest absolute Gasteiger partial charge is 0.287 e. The summed E-state index contributed by atoms with van der Waals surface area (Å²) in [5, 5.41) is 10.9. The molecule has 13 heteroatoms. The lowest BCUT2D eigenvalue weighted by Crippen LogP contribution is -3.19. The van der Waals surface area contributed by atoms with Gasteiger partial charge in [-0.15, -0.1) is 11.3 Å². The molecule has 4 N–H and O–H groups in total. The number of Topliss-reactive ketones (excluding diaryl/α,β-unsaturated/α-hetero) is 2. The van der Waals surface area contributed by atoms with Crippen LogP contribution in [0.1, 0.15) is 37.7 Å². The molecule has 37 heavy (non-hydrogen) atoms. The summed E-state index contributed by atoms with van der Waals surface area (Å²) < 4.78 is 23.9. The van der Waals surface area contributed by atoms with Crippen LogP contribution in [0.2, 0.25) is 0 Å². The minimum Gasteiger partial charge on any atom is -0.345 e. The third-order valence-electron chi connectivity index (χ3n) is 7.26. The molecule has 3 aromatic rings. The number of thiophene rings is 1. The molecule has 3 aliphatic rings. The lowest BCUT2D eigenvalue weighted by molar-refractivity contribution is -0.922. The Morgan fingerprint density at radius 2 is 2.03 bits per heavy atom. The number of nitrogens with zero attached hydrogens (tertiary/aromatic N) is 1. The fourth-order valence-corrected chi connectivity index (χ4v) is 8.33. The van der Waals surface area contributed by atoms with Crippen LogP contribution in [0.25, 0.3) is 10.2 Å². The number of fused-ring (bicyclic) bond motifs is 4. The van der Waals surface area contributed by atoms with Gasteiger partial charge in [0.2, 0.25) is 11.9 Å². The van der Waals surface area contributed by atoms with Crippen molar-refractivity contribution >= 4 is 54.6 Å². The molecule has 2 unspecified atom stereocenters. The molecule has 6 rings (SSSR count). The highest BCUT2D eigenvalue weighted by atomic mass is 32.2. The Morgan fingerprint density at radius 1 is 1.22 bits per heavy atom. The Labute approximate surface area is 214 Å². The van der Waals surface area contributed by atoms with Crippen LogP contribution in [0.15, 0.2) is 23.0 Å². The predicted octanol–water partition coefficient (Wildman–Crippen LogP) is -1.13. The average Bonchev–Trinajstić information content (AvgIpc) is 3.23. The zero-order valence-electron chi connectivity index (χ0n) is 19.5. The van der Waals surface area contributed by atoms with Gasteiger partial charge in [0.05, 0.1) is 23.4 Å². The topological polar surface area (TPSA) is 171 Å². The largest absolute Gasteiger partial charge is 0.345 e. The second-order valence-corrected chi connectivity index (χ2v) is 12.9. The van der Waals surface area contributed by atoms with Gasteiger partial charge in [0.15, 0.2) is 9.84 Å². The highest BCUT2D eigenvalue weighted by molar-refractivity contribution is 7.90. The Hall–Kier alpha value is -3.55. The fourth-order valence-electron chi connectivity index (χ4n) is 5.30. The first-order valence-corrected chi connectivity index (χ1v) is 14.4. The van der Waals surface area contributed by atoms with Crippen LogP contribution in [0.4, 0.5) is 0 Å². The molecule has 0 radical (unpaired) electrons. The summed E-state index contributed by atoms with van der Waals surface area (Å²) in [6.07, 6.45) is 0.984. The molecule has 2 atom stereocenters. The van der Waals surface area contributed by atoms with Gasteiger partial charge >= 0.3 is 0 Å². The van der Waals surface area contributed by atoms with Crippen molar-refractivity contribution in [3.63, 3.8) is 0 Å². The molecule has 2 aliphatic heterocycles. The molecule has 0 saturated heterocycles. The Kier molecular flexibility index (Phi) is 5.47. The van der Waals surface area contributed by atoms with E-state index in [2.05, 4.69) is 15.3 Å². The van der Waals surface area contributed by atoms with E-state index in [-0.39, 0.29) is 36.0 Å². The summed E-state index contributed by atoms with van der Waals surface area (Å²) in [5.41, 5.74) is 3.06. The molecule has 11 nitrogen and oxygen atoms in total. The van der Waals surface area contributed by atoms with Gasteiger partial charge in [0.1, 0.15) is 17.1 Å². The summed E-state index contributed by atoms with van der Waals surface area (Å²) in [6.45, 7) is 1.35. The standard InChI is InChI=1S/C24H21N5O6S2/c25-17-18(20(31)19(17)30)29-5-3-12-2-1-11(7-13(12)9-29)8-26-23(33)21-27-22(32)16-14-4-6-37(34,35)10-15(14)36-24(16)28-21/h1-2,7,18,25H,3-6,8-10H2,(H,26,33)(H,27,28,32)/p+1. The average molecular weight is 541 g/mol. The van der Waals surface area contributed by atoms with Gasteiger partial charge in [-0.05, 0) is 29.2 Å². The number of sulfone groups is 1. The molecule has 1 amide bonds. The Morgan fingerprint density at radius 3 is 2.81 bits per heavy atom. The predicted molar refractivity (Wildman–Crippen MR) is 134 cm³/mol. The number of amides is 1. The number of quaternary nitrogens is 1. The normalized spacial score (nSPS) is 22.3. The summed E-state index contributed by atoms with van der Waals surface area (Å²) in [4.78, 5) is 57.6. The van der Waals surface area contributed by atoms with Crippen LogP contribution in [-0.2, 0) is 51.1 Å². The van der Waals surface area contributed by atoms with Crippen molar-refractivity contribution in [2.75, 3.05) is 12.3 Å². The van der Waals surface area contributed by atoms with E-state index < -0.39 is 38.9 Å². The molecule has 0 bridgehead atoms. The van der Waals surface area contributed by atoms with Crippen molar-refractivity contribution in [3.8, 4) is 0 Å². The molecule has 4 heterocycles. The maximum Gasteiger partial charge on any atom is 0.287 e. The van der Waals surface area contributed by atoms with E-state index in [1.165, 1.54) is 0 Å². The minimum atomic E-state index is -3.20. The second-order valence-electron chi connectivity index (χ2n) is 9.60. The molecule has 2 aromatic heterocycles. The molecule has 1 saturated carbocycles. The molecular formula is C24H22N5O6S2+. The van der Waals surface area contributed by atoms with Gasteiger partial charge in [-0.3, -0.25) is 24.6 Å². The van der Waals surface area contributed by atoms with Gasteiger partial charge in [-0.25, -0.2) is 13.4 Å². The summed E-state index contributed by atoms with van der Waals surface area (Å²) in [7, 11) is -3.20. The van der Waals surface area contributed by atoms with Gasteiger partial charge in [0.25, 0.3) is 23.0 Å². The zero-order valence-corrected chi connectivity index (χ0v) is 21.1. The van der Waals surface area contributed by atoms with Crippen LogP contribution in [0.3, 0.4) is 0 Å². The zero-order chi connectivity index (χ0) is 26.1. The number of aromatic amines is 1. The van der Waals surface area contributed by atoms with Gasteiger partial charge in [0, 0.05) is 23.4 Å². The van der Waals surface area contributed by atoms with Crippen molar-refractivity contribution in [1.82, 2.24) is 15.3 Å². The Balaban J connectivity index is 1.18. The summed E-state index contributed by atoms with van der Waals surface area (Å²) >= 11 is 1.13. The number of ketones is 2. The van der Waals surface area contributed by atoms with Crippen molar-refractivity contribution in [2.45, 2.75) is 37.7 Å². The maximum atomic E-state index is 12.8. The molecule has 1 aliphatic carbocycles. The minimum absolute atomic E-state index is 0.00877. The van der Waals surface area contributed by atoms with Crippen LogP contribution < -0.4 is 15.8 Å². The number of rotatable bonds is 4. The van der Waals surface area contributed by atoms with E-state index in [0.29, 0.717) is 33.7 Å². The van der Waals surface area contributed by atoms with Crippen molar-refractivity contribution in [3.05, 3.63) is 61.5 Å². The number of hydrogen-bond acceptors (Lipinski definition) is 9. The highest BCUT2D eigenvalue weighted by Gasteiger charge is 2.52. The van der Waals surface area contributed by atoms with Crippen LogP contribution in [0, 0.1) is 5.41 Å². The van der Waals surface area contributed by atoms with Gasteiger partial charge in [-0.1, -0.05) is 12.1 Å². The van der Waals surface area contributed by atoms with E-state index >= 15 is 0 Å². The second kappa shape index (κ2) is 8.50. The maximum absolute atomic E-state index is 12.8. The van der Waals surface area contributed by atoms with Gasteiger partial charge in [-0.2, -0.15) is 0 Å². The number of carbonyl (C=O) groups is 3. The first-order chi connectivity index (χ1) is 17.6. The SMILES string of the molecule is N=C1C(=O)C(=O)C1[NH+]1CCc2ccc(CNC(=O)c3nc4sc5c(c4c(=O)[nH]3)CCS(=O)(=O)C5)cc2C1. The van der Waals surface area contributed by atoms with E-state index in [9.17, 15) is 27.6 Å². The molecule has 1 aromatic carbocycles. The van der Waals surface area contributed by atoms with Crippen LogP contribution in [0.5, 0.6) is 0 Å². The third kappa shape index (κ3) is 4.03.